The van der Waals surface area contributed by atoms with Crippen molar-refractivity contribution in [2.45, 2.75) is 17.9 Å². The lowest BCUT2D eigenvalue weighted by atomic mass is 10.4. The van der Waals surface area contributed by atoms with Crippen molar-refractivity contribution in [1.29, 1.82) is 0 Å². The van der Waals surface area contributed by atoms with Gasteiger partial charge in [0.2, 0.25) is 10.0 Å². The van der Waals surface area contributed by atoms with Gasteiger partial charge in [-0.2, -0.15) is 5.10 Å². The SMILES string of the molecule is NCc1cc(S(=O)(=O)NCCc2ncn[nH]2)c(Br)o1. The van der Waals surface area contributed by atoms with E-state index in [1.54, 1.807) is 0 Å². The predicted octanol–water partition coefficient (Wildman–Crippen LogP) is 0.140. The summed E-state index contributed by atoms with van der Waals surface area (Å²) in [7, 11) is -3.64. The van der Waals surface area contributed by atoms with E-state index in [4.69, 9.17) is 10.2 Å². The molecule has 0 aliphatic heterocycles. The summed E-state index contributed by atoms with van der Waals surface area (Å²) in [6.45, 7) is 0.333. The lowest BCUT2D eigenvalue weighted by molar-refractivity contribution is 0.483. The highest BCUT2D eigenvalue weighted by molar-refractivity contribution is 9.10. The Labute approximate surface area is 118 Å². The highest BCUT2D eigenvalue weighted by atomic mass is 79.9. The Hall–Kier alpha value is -1.23. The van der Waals surface area contributed by atoms with Gasteiger partial charge in [-0.05, 0) is 15.9 Å². The number of nitrogens with two attached hydrogens (primary N) is 1. The van der Waals surface area contributed by atoms with Gasteiger partial charge in [0, 0.05) is 19.0 Å². The lowest BCUT2D eigenvalue weighted by Gasteiger charge is -2.03. The molecule has 0 aliphatic carbocycles. The molecule has 2 aromatic heterocycles. The Kier molecular flexibility index (Phi) is 4.34. The van der Waals surface area contributed by atoms with Gasteiger partial charge in [0.25, 0.3) is 0 Å². The van der Waals surface area contributed by atoms with Crippen LogP contribution in [-0.2, 0) is 23.0 Å². The van der Waals surface area contributed by atoms with Crippen molar-refractivity contribution in [3.05, 3.63) is 28.6 Å². The van der Waals surface area contributed by atoms with E-state index in [0.717, 1.165) is 0 Å². The highest BCUT2D eigenvalue weighted by Crippen LogP contribution is 2.25. The molecule has 0 saturated heterocycles. The van der Waals surface area contributed by atoms with Gasteiger partial charge >= 0.3 is 0 Å². The monoisotopic (exact) mass is 349 g/mol. The van der Waals surface area contributed by atoms with Crippen LogP contribution < -0.4 is 10.5 Å². The van der Waals surface area contributed by atoms with Crippen LogP contribution in [0.1, 0.15) is 11.6 Å². The fourth-order valence-electron chi connectivity index (χ4n) is 1.41. The minimum absolute atomic E-state index is 0.0329. The average Bonchev–Trinajstić information content (AvgIpc) is 2.98. The number of nitrogens with zero attached hydrogens (tertiary/aromatic N) is 2. The second-order valence-electron chi connectivity index (χ2n) is 3.63. The van der Waals surface area contributed by atoms with Crippen LogP contribution >= 0.6 is 15.9 Å². The first-order valence-electron chi connectivity index (χ1n) is 5.35. The van der Waals surface area contributed by atoms with Crippen LogP contribution in [0.2, 0.25) is 0 Å². The van der Waals surface area contributed by atoms with Crippen LogP contribution in [0.15, 0.2) is 26.4 Å². The molecule has 0 amide bonds. The quantitative estimate of drug-likeness (QED) is 0.680. The number of aromatic amines is 1. The van der Waals surface area contributed by atoms with Crippen LogP contribution in [0.4, 0.5) is 0 Å². The molecule has 0 unspecified atom stereocenters. The van der Waals surface area contributed by atoms with Crippen LogP contribution in [0.3, 0.4) is 0 Å². The van der Waals surface area contributed by atoms with E-state index >= 15 is 0 Å². The summed E-state index contributed by atoms with van der Waals surface area (Å²) in [5.74, 6) is 0.999. The molecule has 0 aromatic carbocycles. The molecule has 0 spiro atoms. The predicted molar refractivity (Wildman–Crippen MR) is 69.6 cm³/mol. The number of aromatic nitrogens is 3. The lowest BCUT2D eigenvalue weighted by Crippen LogP contribution is -2.26. The minimum atomic E-state index is -3.64. The third-order valence-electron chi connectivity index (χ3n) is 2.32. The molecule has 2 rings (SSSR count). The van der Waals surface area contributed by atoms with Crippen molar-refractivity contribution in [2.75, 3.05) is 6.54 Å². The molecular weight excluding hydrogens is 338 g/mol. The fraction of sp³-hybridized carbons (Fsp3) is 0.333. The summed E-state index contributed by atoms with van der Waals surface area (Å²) >= 11 is 3.05. The maximum Gasteiger partial charge on any atom is 0.244 e. The molecule has 2 aromatic rings. The summed E-state index contributed by atoms with van der Waals surface area (Å²) in [6.07, 6.45) is 1.78. The number of hydrogen-bond acceptors (Lipinski definition) is 6. The largest absolute Gasteiger partial charge is 0.452 e. The second kappa shape index (κ2) is 5.82. The van der Waals surface area contributed by atoms with E-state index in [9.17, 15) is 8.42 Å². The van der Waals surface area contributed by atoms with Gasteiger partial charge in [-0.25, -0.2) is 18.1 Å². The molecule has 19 heavy (non-hydrogen) atoms. The molecule has 0 bridgehead atoms. The van der Waals surface area contributed by atoms with Crippen LogP contribution in [0, 0.1) is 0 Å². The van der Waals surface area contributed by atoms with Gasteiger partial charge in [0.05, 0.1) is 6.54 Å². The minimum Gasteiger partial charge on any atom is -0.452 e. The summed E-state index contributed by atoms with van der Waals surface area (Å²) in [6, 6.07) is 1.39. The Bertz CT molecular complexity index is 637. The van der Waals surface area contributed by atoms with Gasteiger partial charge in [0.15, 0.2) is 4.67 Å². The first-order valence-corrected chi connectivity index (χ1v) is 7.62. The highest BCUT2D eigenvalue weighted by Gasteiger charge is 2.21. The average molecular weight is 350 g/mol. The number of rotatable bonds is 6. The van der Waals surface area contributed by atoms with E-state index in [1.165, 1.54) is 12.4 Å². The molecule has 0 atom stereocenters. The van der Waals surface area contributed by atoms with Gasteiger partial charge in [-0.15, -0.1) is 0 Å². The van der Waals surface area contributed by atoms with Gasteiger partial charge in [-0.1, -0.05) is 0 Å². The molecule has 0 aliphatic rings. The third-order valence-corrected chi connectivity index (χ3v) is 4.63. The normalized spacial score (nSPS) is 11.9. The number of H-pyrrole nitrogens is 1. The summed E-state index contributed by atoms with van der Waals surface area (Å²) < 4.78 is 31.8. The first-order chi connectivity index (χ1) is 9.03. The molecule has 10 heteroatoms. The smallest absolute Gasteiger partial charge is 0.244 e. The van der Waals surface area contributed by atoms with Gasteiger partial charge < -0.3 is 10.2 Å². The second-order valence-corrected chi connectivity index (χ2v) is 6.09. The van der Waals surface area contributed by atoms with E-state index in [-0.39, 0.29) is 22.7 Å². The fourth-order valence-corrected chi connectivity index (χ4v) is 3.44. The summed E-state index contributed by atoms with van der Waals surface area (Å²) in [5.41, 5.74) is 5.39. The van der Waals surface area contributed by atoms with Crippen molar-refractivity contribution in [1.82, 2.24) is 19.9 Å². The van der Waals surface area contributed by atoms with Crippen LogP contribution in [0.5, 0.6) is 0 Å². The number of sulfonamides is 1. The Morgan fingerprint density at radius 2 is 2.32 bits per heavy atom. The number of hydrogen-bond donors (Lipinski definition) is 3. The van der Waals surface area contributed by atoms with Crippen molar-refractivity contribution in [3.8, 4) is 0 Å². The third kappa shape index (κ3) is 3.41. The molecule has 8 nitrogen and oxygen atoms in total. The van der Waals surface area contributed by atoms with E-state index in [0.29, 0.717) is 18.0 Å². The zero-order valence-electron chi connectivity index (χ0n) is 9.76. The maximum atomic E-state index is 12.0. The molecule has 0 radical (unpaired) electrons. The van der Waals surface area contributed by atoms with Gasteiger partial charge in [0.1, 0.15) is 22.8 Å². The molecular formula is C9H12BrN5O3S. The van der Waals surface area contributed by atoms with Crippen molar-refractivity contribution in [3.63, 3.8) is 0 Å². The molecule has 4 N–H and O–H groups in total. The van der Waals surface area contributed by atoms with Crippen LogP contribution in [0.25, 0.3) is 0 Å². The number of halogens is 1. The summed E-state index contributed by atoms with van der Waals surface area (Å²) in [4.78, 5) is 3.93. The molecule has 0 saturated carbocycles. The molecule has 104 valence electrons. The Morgan fingerprint density at radius 1 is 1.53 bits per heavy atom. The number of nitrogens with one attached hydrogen (secondary N) is 2. The van der Waals surface area contributed by atoms with Crippen molar-refractivity contribution in [2.24, 2.45) is 5.73 Å². The summed E-state index contributed by atoms with van der Waals surface area (Å²) in [5, 5.41) is 6.32. The first kappa shape index (κ1) is 14.2. The van der Waals surface area contributed by atoms with Gasteiger partial charge in [-0.3, -0.25) is 5.10 Å². The maximum absolute atomic E-state index is 12.0. The van der Waals surface area contributed by atoms with E-state index in [2.05, 4.69) is 35.8 Å². The van der Waals surface area contributed by atoms with Crippen molar-refractivity contribution >= 4 is 26.0 Å². The Balaban J connectivity index is 2.03. The standard InChI is InChI=1S/C9H12BrN5O3S/c10-9-7(3-6(4-11)18-9)19(16,17)14-2-1-8-12-5-13-15-8/h3,5,14H,1-2,4,11H2,(H,12,13,15). The van der Waals surface area contributed by atoms with E-state index < -0.39 is 10.0 Å². The topological polar surface area (TPSA) is 127 Å². The molecule has 0 fully saturated rings. The Morgan fingerprint density at radius 3 is 2.89 bits per heavy atom. The number of furan rings is 1. The molecule has 2 heterocycles. The zero-order chi connectivity index (χ0) is 13.9. The van der Waals surface area contributed by atoms with E-state index in [1.807, 2.05) is 0 Å². The van der Waals surface area contributed by atoms with Crippen LogP contribution in [-0.4, -0.2) is 30.1 Å². The zero-order valence-corrected chi connectivity index (χ0v) is 12.2. The van der Waals surface area contributed by atoms with Crippen molar-refractivity contribution < 1.29 is 12.8 Å².